The lowest BCUT2D eigenvalue weighted by Gasteiger charge is -2.58. The third-order valence-electron chi connectivity index (χ3n) is 8.87. The summed E-state index contributed by atoms with van der Waals surface area (Å²) in [7, 11) is 0. The molecule has 144 valence electrons. The molecule has 4 heteroatoms. The van der Waals surface area contributed by atoms with Gasteiger partial charge in [0.05, 0.1) is 5.92 Å². The van der Waals surface area contributed by atoms with Crippen molar-refractivity contribution in [3.63, 3.8) is 0 Å². The van der Waals surface area contributed by atoms with Gasteiger partial charge in [0.15, 0.2) is 0 Å². The highest BCUT2D eigenvalue weighted by molar-refractivity contribution is 5.73. The number of carbonyl (C=O) groups excluding carboxylic acids is 1. The number of hydrogen-bond acceptors (Lipinski definition) is 2. The zero-order valence-electron chi connectivity index (χ0n) is 16.3. The second-order valence-corrected chi connectivity index (χ2v) is 9.97. The lowest BCUT2D eigenvalue weighted by Crippen LogP contribution is -2.54. The van der Waals surface area contributed by atoms with Crippen LogP contribution >= 0.6 is 0 Å². The highest BCUT2D eigenvalue weighted by Crippen LogP contribution is 2.65. The maximum atomic E-state index is 11.8. The summed E-state index contributed by atoms with van der Waals surface area (Å²) in [5.74, 6) is 1.59. The Hall–Kier alpha value is -1.32. The highest BCUT2D eigenvalue weighted by Gasteiger charge is 2.60. The third kappa shape index (κ3) is 2.55. The average Bonchev–Trinajstić information content (AvgIpc) is 2.92. The lowest BCUT2D eigenvalue weighted by atomic mass is 9.46. The van der Waals surface area contributed by atoms with Crippen LogP contribution in [0.25, 0.3) is 0 Å². The molecule has 2 N–H and O–H groups in total. The van der Waals surface area contributed by atoms with Crippen LogP contribution in [0, 0.1) is 40.4 Å². The third-order valence-corrected chi connectivity index (χ3v) is 8.87. The number of rotatable bonds is 2. The smallest absolute Gasteiger partial charge is 0.307 e. The first-order valence-electron chi connectivity index (χ1n) is 10.4. The summed E-state index contributed by atoms with van der Waals surface area (Å²) in [6.07, 6.45) is 12.3. The fourth-order valence-electron chi connectivity index (χ4n) is 7.44. The van der Waals surface area contributed by atoms with Crippen molar-refractivity contribution in [1.82, 2.24) is 5.32 Å². The van der Waals surface area contributed by atoms with Gasteiger partial charge in [0.2, 0.25) is 5.91 Å². The Kier molecular flexibility index (Phi) is 4.24. The van der Waals surface area contributed by atoms with Gasteiger partial charge in [-0.05, 0) is 79.4 Å². The van der Waals surface area contributed by atoms with E-state index in [1.807, 2.05) is 0 Å². The molecule has 0 bridgehead atoms. The van der Waals surface area contributed by atoms with E-state index < -0.39 is 5.97 Å². The van der Waals surface area contributed by atoms with Crippen LogP contribution in [0.1, 0.15) is 65.7 Å². The zero-order chi connectivity index (χ0) is 18.7. The van der Waals surface area contributed by atoms with Crippen LogP contribution < -0.4 is 5.32 Å². The zero-order valence-corrected chi connectivity index (χ0v) is 16.3. The minimum atomic E-state index is -0.590. The maximum absolute atomic E-state index is 11.8. The van der Waals surface area contributed by atoms with Crippen molar-refractivity contribution in [3.05, 3.63) is 12.2 Å². The molecule has 1 amide bonds. The molecule has 0 aromatic carbocycles. The Morgan fingerprint density at radius 3 is 2.38 bits per heavy atom. The van der Waals surface area contributed by atoms with E-state index in [2.05, 4.69) is 31.3 Å². The Labute approximate surface area is 156 Å². The normalized spacial score (nSPS) is 49.7. The molecule has 4 aliphatic carbocycles. The first kappa shape index (κ1) is 18.1. The summed E-state index contributed by atoms with van der Waals surface area (Å²) in [5.41, 5.74) is 0.269. The molecule has 0 aromatic rings. The van der Waals surface area contributed by atoms with E-state index in [1.54, 1.807) is 6.92 Å². The van der Waals surface area contributed by atoms with Gasteiger partial charge in [-0.1, -0.05) is 26.0 Å². The maximum Gasteiger partial charge on any atom is 0.307 e. The first-order valence-corrected chi connectivity index (χ1v) is 10.4. The summed E-state index contributed by atoms with van der Waals surface area (Å²) in [4.78, 5) is 23.2. The molecule has 4 rings (SSSR count). The van der Waals surface area contributed by atoms with Crippen molar-refractivity contribution in [2.24, 2.45) is 40.4 Å². The number of carboxylic acids is 1. The molecule has 1 unspecified atom stereocenters. The Morgan fingerprint density at radius 2 is 1.69 bits per heavy atom. The van der Waals surface area contributed by atoms with Crippen molar-refractivity contribution in [1.29, 1.82) is 0 Å². The lowest BCUT2D eigenvalue weighted by molar-refractivity contribution is -0.149. The molecule has 0 heterocycles. The molecule has 4 aliphatic rings. The average molecular weight is 360 g/mol. The van der Waals surface area contributed by atoms with Gasteiger partial charge in [-0.3, -0.25) is 9.59 Å². The van der Waals surface area contributed by atoms with Crippen molar-refractivity contribution >= 4 is 11.9 Å². The number of carbonyl (C=O) groups is 2. The molecular weight excluding hydrogens is 326 g/mol. The minimum absolute atomic E-state index is 0.0338. The predicted octanol–water partition coefficient (Wildman–Crippen LogP) is 4.01. The summed E-state index contributed by atoms with van der Waals surface area (Å²) in [6, 6.07) is 0.309. The summed E-state index contributed by atoms with van der Waals surface area (Å²) >= 11 is 0. The molecule has 0 aromatic heterocycles. The van der Waals surface area contributed by atoms with E-state index in [0.717, 1.165) is 38.5 Å². The van der Waals surface area contributed by atoms with E-state index in [4.69, 9.17) is 0 Å². The molecular formula is C22H33NO3. The van der Waals surface area contributed by atoms with Crippen molar-refractivity contribution in [3.8, 4) is 0 Å². The van der Waals surface area contributed by atoms with Crippen LogP contribution in [-0.2, 0) is 9.59 Å². The van der Waals surface area contributed by atoms with Crippen LogP contribution in [0.5, 0.6) is 0 Å². The van der Waals surface area contributed by atoms with Crippen molar-refractivity contribution in [2.45, 2.75) is 71.8 Å². The summed E-state index contributed by atoms with van der Waals surface area (Å²) in [6.45, 7) is 6.33. The Balaban J connectivity index is 1.59. The number of carboxylic acid groups (broad SMARTS) is 1. The molecule has 26 heavy (non-hydrogen) atoms. The van der Waals surface area contributed by atoms with E-state index in [9.17, 15) is 14.7 Å². The quantitative estimate of drug-likeness (QED) is 0.732. The number of hydrogen-bond donors (Lipinski definition) is 2. The number of aliphatic carboxylic acids is 1. The first-order chi connectivity index (χ1) is 12.3. The SMILES string of the molecule is CC(=O)N[C@@H]1CC[C@@]2(C)C(C=C[C@H]3[C@@H]4CC[C@H](C(=O)O)[C@@]4(C)CC[C@@H]32)C1. The largest absolute Gasteiger partial charge is 0.481 e. The van der Waals surface area contributed by atoms with E-state index in [1.165, 1.54) is 6.42 Å². The van der Waals surface area contributed by atoms with Gasteiger partial charge in [0, 0.05) is 13.0 Å². The minimum Gasteiger partial charge on any atom is -0.481 e. The molecule has 0 saturated heterocycles. The number of fused-ring (bicyclic) bond motifs is 5. The van der Waals surface area contributed by atoms with Gasteiger partial charge in [0.1, 0.15) is 0 Å². The van der Waals surface area contributed by atoms with Gasteiger partial charge in [-0.15, -0.1) is 0 Å². The Bertz CT molecular complexity index is 643. The number of allylic oxidation sites excluding steroid dienone is 2. The van der Waals surface area contributed by atoms with Crippen molar-refractivity contribution < 1.29 is 14.7 Å². The fraction of sp³-hybridized carbons (Fsp3) is 0.818. The fourth-order valence-corrected chi connectivity index (χ4v) is 7.44. The second kappa shape index (κ2) is 6.10. The molecule has 4 nitrogen and oxygen atoms in total. The van der Waals surface area contributed by atoms with Gasteiger partial charge < -0.3 is 10.4 Å². The summed E-state index contributed by atoms with van der Waals surface area (Å²) < 4.78 is 0. The predicted molar refractivity (Wildman–Crippen MR) is 100 cm³/mol. The van der Waals surface area contributed by atoms with Crippen LogP contribution in [-0.4, -0.2) is 23.0 Å². The van der Waals surface area contributed by atoms with E-state index in [-0.39, 0.29) is 17.2 Å². The highest BCUT2D eigenvalue weighted by atomic mass is 16.4. The van der Waals surface area contributed by atoms with E-state index in [0.29, 0.717) is 35.1 Å². The van der Waals surface area contributed by atoms with E-state index >= 15 is 0 Å². The molecule has 3 saturated carbocycles. The molecule has 0 aliphatic heterocycles. The second-order valence-electron chi connectivity index (χ2n) is 9.97. The van der Waals surface area contributed by atoms with Crippen LogP contribution in [0.3, 0.4) is 0 Å². The topological polar surface area (TPSA) is 66.4 Å². The van der Waals surface area contributed by atoms with Gasteiger partial charge in [-0.25, -0.2) is 0 Å². The monoisotopic (exact) mass is 359 g/mol. The van der Waals surface area contributed by atoms with Crippen molar-refractivity contribution in [2.75, 3.05) is 0 Å². The molecule has 8 atom stereocenters. The Morgan fingerprint density at radius 1 is 1.00 bits per heavy atom. The van der Waals surface area contributed by atoms with Gasteiger partial charge in [0.25, 0.3) is 0 Å². The standard InChI is InChI=1S/C22H33NO3/c1-13(24)23-15-8-10-21(2)14(12-15)4-5-16-17-6-7-19(20(25)26)22(17,3)11-9-18(16)21/h4-5,14-19H,6-12H2,1-3H3,(H,23,24)(H,25,26)/t14?,15-,16+,17+,18+,19-,21+,22+/m1/s1. The number of nitrogens with one attached hydrogen (secondary N) is 1. The molecule has 0 spiro atoms. The van der Waals surface area contributed by atoms with Crippen LogP contribution in [0.4, 0.5) is 0 Å². The van der Waals surface area contributed by atoms with Crippen LogP contribution in [0.2, 0.25) is 0 Å². The summed E-state index contributed by atoms with van der Waals surface area (Å²) in [5, 5.41) is 12.8. The van der Waals surface area contributed by atoms with Crippen LogP contribution in [0.15, 0.2) is 12.2 Å². The van der Waals surface area contributed by atoms with Gasteiger partial charge >= 0.3 is 5.97 Å². The molecule has 0 radical (unpaired) electrons. The number of amides is 1. The molecule has 3 fully saturated rings. The van der Waals surface area contributed by atoms with Gasteiger partial charge in [-0.2, -0.15) is 0 Å².